The normalized spacial score (nSPS) is 14.0. The van der Waals surface area contributed by atoms with Crippen molar-refractivity contribution in [2.45, 2.75) is 32.3 Å². The van der Waals surface area contributed by atoms with Gasteiger partial charge in [-0.3, -0.25) is 0 Å². The lowest BCUT2D eigenvalue weighted by Crippen LogP contribution is -2.07. The summed E-state index contributed by atoms with van der Waals surface area (Å²) in [5.74, 6) is 2.94. The van der Waals surface area contributed by atoms with Gasteiger partial charge in [0.1, 0.15) is 18.2 Å². The molecule has 0 amide bonds. The van der Waals surface area contributed by atoms with E-state index in [4.69, 9.17) is 4.74 Å². The fraction of sp³-hybridized carbons (Fsp3) is 0.375. The summed E-state index contributed by atoms with van der Waals surface area (Å²) in [5.41, 5.74) is 2.07. The van der Waals surface area contributed by atoms with Gasteiger partial charge in [-0.25, -0.2) is 4.98 Å². The van der Waals surface area contributed by atoms with E-state index < -0.39 is 0 Å². The third-order valence-corrected chi connectivity index (χ3v) is 4.06. The smallest absolute Gasteiger partial charge is 0.222 e. The number of anilines is 1. The summed E-state index contributed by atoms with van der Waals surface area (Å²) in [4.78, 5) is 9.17. The maximum absolute atomic E-state index is 5.93. The summed E-state index contributed by atoms with van der Waals surface area (Å²) < 4.78 is 6.98. The maximum atomic E-state index is 5.93. The minimum absolute atomic E-state index is 0.505. The topological polar surface area (TPSA) is 47.0 Å². The Kier molecular flexibility index (Phi) is 4.10. The first-order valence-corrected chi connectivity index (χ1v) is 7.90. The van der Waals surface area contributed by atoms with Gasteiger partial charge in [-0.15, -0.1) is 0 Å². The van der Waals surface area contributed by atoms with E-state index in [1.807, 2.05) is 32.2 Å². The van der Waals surface area contributed by atoms with Crippen molar-refractivity contribution in [2.75, 3.05) is 12.4 Å². The Morgan fingerprint density at radius 1 is 1.33 bits per heavy atom. The summed E-state index contributed by atoms with van der Waals surface area (Å²) in [5, 5.41) is 3.13. The minimum atomic E-state index is 0.505. The lowest BCUT2D eigenvalue weighted by molar-refractivity contribution is 0.290. The van der Waals surface area contributed by atoms with Crippen LogP contribution in [0.4, 0.5) is 5.82 Å². The van der Waals surface area contributed by atoms with Crippen molar-refractivity contribution in [3.05, 3.63) is 45.7 Å². The molecule has 1 saturated carbocycles. The van der Waals surface area contributed by atoms with Gasteiger partial charge in [-0.1, -0.05) is 28.1 Å². The molecule has 1 aliphatic carbocycles. The number of aromatic nitrogens is 2. The van der Waals surface area contributed by atoms with E-state index in [2.05, 4.69) is 37.3 Å². The molecule has 5 heteroatoms. The molecule has 0 saturated heterocycles. The van der Waals surface area contributed by atoms with Crippen LogP contribution >= 0.6 is 15.9 Å². The Hall–Kier alpha value is -1.62. The quantitative estimate of drug-likeness (QED) is 0.886. The van der Waals surface area contributed by atoms with Gasteiger partial charge in [-0.05, 0) is 37.5 Å². The molecule has 0 bridgehead atoms. The number of halogens is 1. The van der Waals surface area contributed by atoms with E-state index in [1.165, 1.54) is 12.8 Å². The van der Waals surface area contributed by atoms with Crippen molar-refractivity contribution >= 4 is 21.7 Å². The molecule has 0 spiro atoms. The summed E-state index contributed by atoms with van der Waals surface area (Å²) >= 11 is 3.47. The molecule has 2 aromatic rings. The maximum Gasteiger partial charge on any atom is 0.222 e. The number of hydrogen-bond donors (Lipinski definition) is 1. The van der Waals surface area contributed by atoms with Crippen LogP contribution in [0.2, 0.25) is 0 Å². The number of nitrogens with one attached hydrogen (secondary N) is 1. The van der Waals surface area contributed by atoms with E-state index in [0.717, 1.165) is 27.2 Å². The Balaban J connectivity index is 1.82. The standard InChI is InChI=1S/C16H18BrN3O/c1-10-14(18-2)19-15(12-6-7-12)20-16(10)21-9-11-4-3-5-13(17)8-11/h3-5,8,12H,6-7,9H2,1-2H3,(H,18,19,20). The van der Waals surface area contributed by atoms with Gasteiger partial charge in [0.15, 0.2) is 0 Å². The van der Waals surface area contributed by atoms with Gasteiger partial charge in [-0.2, -0.15) is 4.98 Å². The number of ether oxygens (including phenoxy) is 1. The molecule has 4 nitrogen and oxygen atoms in total. The van der Waals surface area contributed by atoms with Crippen molar-refractivity contribution in [3.63, 3.8) is 0 Å². The first kappa shape index (κ1) is 14.3. The third kappa shape index (κ3) is 3.35. The Morgan fingerprint density at radius 2 is 2.14 bits per heavy atom. The average molecular weight is 348 g/mol. The van der Waals surface area contributed by atoms with Crippen LogP contribution in [0.15, 0.2) is 28.7 Å². The van der Waals surface area contributed by atoms with Crippen LogP contribution in [-0.4, -0.2) is 17.0 Å². The van der Waals surface area contributed by atoms with Crippen LogP contribution < -0.4 is 10.1 Å². The molecule has 1 fully saturated rings. The lowest BCUT2D eigenvalue weighted by atomic mass is 10.2. The molecule has 0 radical (unpaired) electrons. The van der Waals surface area contributed by atoms with Crippen LogP contribution in [0, 0.1) is 6.92 Å². The van der Waals surface area contributed by atoms with Crippen LogP contribution in [0.1, 0.15) is 35.7 Å². The second kappa shape index (κ2) is 6.02. The summed E-state index contributed by atoms with van der Waals surface area (Å²) in [7, 11) is 1.88. The zero-order valence-electron chi connectivity index (χ0n) is 12.2. The monoisotopic (exact) mass is 347 g/mol. The molecule has 1 aromatic carbocycles. The predicted octanol–water partition coefficient (Wildman–Crippen LogP) is 4.05. The molecular formula is C16H18BrN3O. The average Bonchev–Trinajstić information content (AvgIpc) is 3.31. The van der Waals surface area contributed by atoms with Crippen molar-refractivity contribution in [3.8, 4) is 5.88 Å². The predicted molar refractivity (Wildman–Crippen MR) is 86.8 cm³/mol. The van der Waals surface area contributed by atoms with Crippen molar-refractivity contribution in [1.29, 1.82) is 0 Å². The zero-order chi connectivity index (χ0) is 14.8. The van der Waals surface area contributed by atoms with Gasteiger partial charge in [0, 0.05) is 17.4 Å². The highest BCUT2D eigenvalue weighted by atomic mass is 79.9. The Labute approximate surface area is 133 Å². The van der Waals surface area contributed by atoms with E-state index in [-0.39, 0.29) is 0 Å². The Bertz CT molecular complexity index is 656. The number of nitrogens with zero attached hydrogens (tertiary/aromatic N) is 2. The molecule has 3 rings (SSSR count). The van der Waals surface area contributed by atoms with Crippen LogP contribution in [-0.2, 0) is 6.61 Å². The molecule has 0 unspecified atom stereocenters. The van der Waals surface area contributed by atoms with Crippen molar-refractivity contribution in [2.24, 2.45) is 0 Å². The molecule has 21 heavy (non-hydrogen) atoms. The first-order chi connectivity index (χ1) is 10.2. The zero-order valence-corrected chi connectivity index (χ0v) is 13.8. The van der Waals surface area contributed by atoms with Gasteiger partial charge in [0.2, 0.25) is 5.88 Å². The molecular weight excluding hydrogens is 330 g/mol. The van der Waals surface area contributed by atoms with Crippen LogP contribution in [0.3, 0.4) is 0 Å². The van der Waals surface area contributed by atoms with Crippen LogP contribution in [0.25, 0.3) is 0 Å². The van der Waals surface area contributed by atoms with Crippen LogP contribution in [0.5, 0.6) is 5.88 Å². The van der Waals surface area contributed by atoms with Crippen molar-refractivity contribution in [1.82, 2.24) is 9.97 Å². The fourth-order valence-corrected chi connectivity index (χ4v) is 2.65. The van der Waals surface area contributed by atoms with E-state index in [1.54, 1.807) is 0 Å². The van der Waals surface area contributed by atoms with Crippen molar-refractivity contribution < 1.29 is 4.74 Å². The molecule has 110 valence electrons. The molecule has 0 aliphatic heterocycles. The third-order valence-electron chi connectivity index (χ3n) is 3.56. The van der Waals surface area contributed by atoms with E-state index >= 15 is 0 Å². The van der Waals surface area contributed by atoms with Gasteiger partial charge in [0.25, 0.3) is 0 Å². The minimum Gasteiger partial charge on any atom is -0.472 e. The van der Waals surface area contributed by atoms with Gasteiger partial charge < -0.3 is 10.1 Å². The highest BCUT2D eigenvalue weighted by Crippen LogP contribution is 2.40. The lowest BCUT2D eigenvalue weighted by Gasteiger charge is -2.13. The number of hydrogen-bond acceptors (Lipinski definition) is 4. The molecule has 1 heterocycles. The van der Waals surface area contributed by atoms with Gasteiger partial charge in [0.05, 0.1) is 5.56 Å². The first-order valence-electron chi connectivity index (χ1n) is 7.11. The summed E-state index contributed by atoms with van der Waals surface area (Å²) in [6.07, 6.45) is 2.36. The number of benzene rings is 1. The molecule has 0 atom stereocenters. The second-order valence-corrected chi connectivity index (χ2v) is 6.22. The highest BCUT2D eigenvalue weighted by molar-refractivity contribution is 9.10. The summed E-state index contributed by atoms with van der Waals surface area (Å²) in [6.45, 7) is 2.49. The Morgan fingerprint density at radius 3 is 2.81 bits per heavy atom. The van der Waals surface area contributed by atoms with Gasteiger partial charge >= 0.3 is 0 Å². The number of rotatable bonds is 5. The molecule has 1 aliphatic rings. The summed E-state index contributed by atoms with van der Waals surface area (Å²) in [6, 6.07) is 8.10. The van der Waals surface area contributed by atoms with E-state index in [0.29, 0.717) is 18.4 Å². The highest BCUT2D eigenvalue weighted by Gasteiger charge is 2.28. The second-order valence-electron chi connectivity index (χ2n) is 5.30. The SMILES string of the molecule is CNc1nc(C2CC2)nc(OCc2cccc(Br)c2)c1C. The molecule has 1 N–H and O–H groups in total. The largest absolute Gasteiger partial charge is 0.472 e. The van der Waals surface area contributed by atoms with E-state index in [9.17, 15) is 0 Å². The fourth-order valence-electron chi connectivity index (χ4n) is 2.20. The molecule has 1 aromatic heterocycles.